The first-order valence-corrected chi connectivity index (χ1v) is 3.16. The molecule has 1 aliphatic rings. The zero-order valence-corrected chi connectivity index (χ0v) is 5.26. The van der Waals surface area contributed by atoms with Gasteiger partial charge in [0.05, 0.1) is 12.7 Å². The van der Waals surface area contributed by atoms with E-state index in [0.717, 1.165) is 6.61 Å². The van der Waals surface area contributed by atoms with Gasteiger partial charge in [-0.15, -0.1) is 0 Å². The summed E-state index contributed by atoms with van der Waals surface area (Å²) in [5.74, 6) is 0. The van der Waals surface area contributed by atoms with Gasteiger partial charge in [-0.05, 0) is 19.8 Å². The summed E-state index contributed by atoms with van der Waals surface area (Å²) in [6, 6.07) is 0. The topological polar surface area (TPSA) is 9.23 Å². The number of allylic oxidation sites excluding steroid dienone is 1. The van der Waals surface area contributed by atoms with Crippen LogP contribution >= 0.6 is 0 Å². The van der Waals surface area contributed by atoms with Crippen molar-refractivity contribution in [2.45, 2.75) is 25.9 Å². The van der Waals surface area contributed by atoms with E-state index in [-0.39, 0.29) is 0 Å². The van der Waals surface area contributed by atoms with E-state index in [4.69, 9.17) is 4.74 Å². The first-order chi connectivity index (χ1) is 3.93. The lowest BCUT2D eigenvalue weighted by Gasteiger charge is -1.92. The van der Waals surface area contributed by atoms with Crippen molar-refractivity contribution in [3.63, 3.8) is 0 Å². The van der Waals surface area contributed by atoms with Crippen LogP contribution in [0.1, 0.15) is 19.8 Å². The van der Waals surface area contributed by atoms with Crippen molar-refractivity contribution >= 4 is 0 Å². The molecule has 0 atom stereocenters. The summed E-state index contributed by atoms with van der Waals surface area (Å²) >= 11 is 0. The molecule has 0 unspecified atom stereocenters. The minimum absolute atomic E-state index is 0.603. The monoisotopic (exact) mass is 112 g/mol. The Hall–Kier alpha value is -0.300. The number of rotatable bonds is 3. The molecule has 46 valence electrons. The van der Waals surface area contributed by atoms with E-state index in [1.54, 1.807) is 0 Å². The van der Waals surface area contributed by atoms with E-state index in [1.165, 1.54) is 12.8 Å². The average Bonchev–Trinajstić information content (AvgIpc) is 2.51. The largest absolute Gasteiger partial charge is 0.374 e. The van der Waals surface area contributed by atoms with Crippen LogP contribution in [-0.2, 0) is 4.74 Å². The molecule has 1 saturated carbocycles. The van der Waals surface area contributed by atoms with E-state index in [1.807, 2.05) is 19.1 Å². The van der Waals surface area contributed by atoms with Crippen LogP contribution in [0.5, 0.6) is 0 Å². The zero-order valence-electron chi connectivity index (χ0n) is 5.26. The quantitative estimate of drug-likeness (QED) is 0.505. The standard InChI is InChI=1S/C7H12O/c1-2-3-6-8-7-4-5-7/h2-3,7H,4-6H2,1H3. The van der Waals surface area contributed by atoms with Crippen molar-refractivity contribution in [2.24, 2.45) is 0 Å². The van der Waals surface area contributed by atoms with Crippen molar-refractivity contribution in [1.82, 2.24) is 0 Å². The third-order valence-corrected chi connectivity index (χ3v) is 1.19. The lowest BCUT2D eigenvalue weighted by atomic mass is 10.5. The molecule has 0 aromatic rings. The molecule has 1 nitrogen and oxygen atoms in total. The Morgan fingerprint density at radius 2 is 2.38 bits per heavy atom. The summed E-state index contributed by atoms with van der Waals surface area (Å²) in [5.41, 5.74) is 0. The molecule has 0 saturated heterocycles. The SMILES string of the molecule is CC=CCOC1CC1. The molecule has 0 aliphatic heterocycles. The predicted octanol–water partition coefficient (Wildman–Crippen LogP) is 1.74. The second-order valence-electron chi connectivity index (χ2n) is 2.10. The molecule has 0 N–H and O–H groups in total. The molecular weight excluding hydrogens is 100 g/mol. The van der Waals surface area contributed by atoms with Crippen LogP contribution in [0.4, 0.5) is 0 Å². The van der Waals surface area contributed by atoms with Gasteiger partial charge in [-0.1, -0.05) is 12.2 Å². The normalized spacial score (nSPS) is 20.1. The van der Waals surface area contributed by atoms with Crippen molar-refractivity contribution in [3.8, 4) is 0 Å². The molecule has 8 heavy (non-hydrogen) atoms. The van der Waals surface area contributed by atoms with Gasteiger partial charge in [-0.3, -0.25) is 0 Å². The second-order valence-corrected chi connectivity index (χ2v) is 2.10. The number of hydrogen-bond acceptors (Lipinski definition) is 1. The first kappa shape index (κ1) is 5.83. The molecule has 0 bridgehead atoms. The summed E-state index contributed by atoms with van der Waals surface area (Å²) < 4.78 is 5.31. The molecule has 1 rings (SSSR count). The Morgan fingerprint density at radius 1 is 1.62 bits per heavy atom. The molecule has 1 fully saturated rings. The van der Waals surface area contributed by atoms with Gasteiger partial charge in [-0.2, -0.15) is 0 Å². The van der Waals surface area contributed by atoms with Crippen LogP contribution in [0.25, 0.3) is 0 Å². The van der Waals surface area contributed by atoms with Crippen LogP contribution in [-0.4, -0.2) is 12.7 Å². The maximum atomic E-state index is 5.31. The Morgan fingerprint density at radius 3 is 2.88 bits per heavy atom. The molecule has 1 heteroatoms. The summed E-state index contributed by atoms with van der Waals surface area (Å²) in [6.45, 7) is 2.82. The van der Waals surface area contributed by atoms with Gasteiger partial charge in [0, 0.05) is 0 Å². The maximum Gasteiger partial charge on any atom is 0.0651 e. The predicted molar refractivity (Wildman–Crippen MR) is 33.8 cm³/mol. The summed E-state index contributed by atoms with van der Waals surface area (Å²) in [7, 11) is 0. The van der Waals surface area contributed by atoms with Gasteiger partial charge in [0.15, 0.2) is 0 Å². The Bertz CT molecular complexity index is 82.4. The van der Waals surface area contributed by atoms with Crippen LogP contribution < -0.4 is 0 Å². The zero-order chi connectivity index (χ0) is 5.82. The smallest absolute Gasteiger partial charge is 0.0651 e. The molecule has 1 aliphatic carbocycles. The lowest BCUT2D eigenvalue weighted by Crippen LogP contribution is -1.91. The highest BCUT2D eigenvalue weighted by atomic mass is 16.5. The average molecular weight is 112 g/mol. The molecule has 0 spiro atoms. The number of hydrogen-bond donors (Lipinski definition) is 0. The van der Waals surface area contributed by atoms with Gasteiger partial charge in [-0.25, -0.2) is 0 Å². The van der Waals surface area contributed by atoms with Gasteiger partial charge < -0.3 is 4.74 Å². The summed E-state index contributed by atoms with van der Waals surface area (Å²) in [6.07, 6.45) is 7.21. The highest BCUT2D eigenvalue weighted by Gasteiger charge is 2.20. The number of ether oxygens (including phenoxy) is 1. The Balaban J connectivity index is 1.88. The van der Waals surface area contributed by atoms with E-state index in [9.17, 15) is 0 Å². The van der Waals surface area contributed by atoms with Crippen LogP contribution in [0.2, 0.25) is 0 Å². The minimum atomic E-state index is 0.603. The van der Waals surface area contributed by atoms with E-state index in [2.05, 4.69) is 0 Å². The van der Waals surface area contributed by atoms with Crippen LogP contribution in [0, 0.1) is 0 Å². The highest BCUT2D eigenvalue weighted by molar-refractivity contribution is 4.80. The van der Waals surface area contributed by atoms with Crippen LogP contribution in [0.3, 0.4) is 0 Å². The highest BCUT2D eigenvalue weighted by Crippen LogP contribution is 2.22. The lowest BCUT2D eigenvalue weighted by molar-refractivity contribution is 0.147. The summed E-state index contributed by atoms with van der Waals surface area (Å²) in [5, 5.41) is 0. The third kappa shape index (κ3) is 2.12. The van der Waals surface area contributed by atoms with E-state index >= 15 is 0 Å². The Labute approximate surface area is 50.3 Å². The molecule has 0 amide bonds. The fourth-order valence-electron chi connectivity index (χ4n) is 0.523. The molecule has 0 aromatic heterocycles. The van der Waals surface area contributed by atoms with Crippen LogP contribution in [0.15, 0.2) is 12.2 Å². The fourth-order valence-corrected chi connectivity index (χ4v) is 0.523. The Kier molecular flexibility index (Phi) is 2.10. The fraction of sp³-hybridized carbons (Fsp3) is 0.714. The van der Waals surface area contributed by atoms with E-state index in [0.29, 0.717) is 6.10 Å². The summed E-state index contributed by atoms with van der Waals surface area (Å²) in [4.78, 5) is 0. The van der Waals surface area contributed by atoms with Gasteiger partial charge in [0.1, 0.15) is 0 Å². The second kappa shape index (κ2) is 2.88. The van der Waals surface area contributed by atoms with Crippen molar-refractivity contribution in [1.29, 1.82) is 0 Å². The minimum Gasteiger partial charge on any atom is -0.374 e. The van der Waals surface area contributed by atoms with E-state index < -0.39 is 0 Å². The van der Waals surface area contributed by atoms with Gasteiger partial charge >= 0.3 is 0 Å². The molecule has 0 heterocycles. The third-order valence-electron chi connectivity index (χ3n) is 1.19. The van der Waals surface area contributed by atoms with Crippen molar-refractivity contribution in [2.75, 3.05) is 6.61 Å². The van der Waals surface area contributed by atoms with Crippen molar-refractivity contribution < 1.29 is 4.74 Å². The molecule has 0 radical (unpaired) electrons. The van der Waals surface area contributed by atoms with Crippen molar-refractivity contribution in [3.05, 3.63) is 12.2 Å². The van der Waals surface area contributed by atoms with Gasteiger partial charge in [0.2, 0.25) is 0 Å². The maximum absolute atomic E-state index is 5.31. The first-order valence-electron chi connectivity index (χ1n) is 3.16. The molecule has 0 aromatic carbocycles. The van der Waals surface area contributed by atoms with Gasteiger partial charge in [0.25, 0.3) is 0 Å². The molecular formula is C7H12O.